The zero-order valence-electron chi connectivity index (χ0n) is 12.0. The third kappa shape index (κ3) is 3.08. The minimum atomic E-state index is -3.46. The number of rotatable bonds is 3. The van der Waals surface area contributed by atoms with E-state index in [1.807, 2.05) is 19.1 Å². The number of halogens is 1. The maximum Gasteiger partial charge on any atom is 0.243 e. The first-order valence-corrected chi connectivity index (χ1v) is 8.88. The molecule has 1 heterocycles. The number of benzene rings is 1. The van der Waals surface area contributed by atoms with E-state index >= 15 is 0 Å². The van der Waals surface area contributed by atoms with Gasteiger partial charge in [-0.2, -0.15) is 4.31 Å². The highest BCUT2D eigenvalue weighted by Crippen LogP contribution is 2.28. The summed E-state index contributed by atoms with van der Waals surface area (Å²) in [6, 6.07) is 5.34. The third-order valence-corrected chi connectivity index (χ3v) is 6.42. The highest BCUT2D eigenvalue weighted by Gasteiger charge is 2.34. The average Bonchev–Trinajstić information content (AvgIpc) is 2.41. The molecule has 1 aliphatic heterocycles. The summed E-state index contributed by atoms with van der Waals surface area (Å²) in [6.45, 7) is 4.89. The largest absolute Gasteiger partial charge is 0.380 e. The minimum absolute atomic E-state index is 0.0361. The van der Waals surface area contributed by atoms with Crippen LogP contribution >= 0.6 is 15.9 Å². The Labute approximate surface area is 129 Å². The van der Waals surface area contributed by atoms with Gasteiger partial charge in [-0.3, -0.25) is 0 Å². The molecule has 1 aromatic carbocycles. The van der Waals surface area contributed by atoms with Crippen LogP contribution in [0.2, 0.25) is 0 Å². The van der Waals surface area contributed by atoms with E-state index in [2.05, 4.69) is 22.9 Å². The number of sulfonamides is 1. The van der Waals surface area contributed by atoms with Gasteiger partial charge in [-0.1, -0.05) is 28.9 Å². The van der Waals surface area contributed by atoms with E-state index in [4.69, 9.17) is 4.74 Å². The van der Waals surface area contributed by atoms with Crippen LogP contribution in [-0.4, -0.2) is 39.0 Å². The number of ether oxygens (including phenoxy) is 1. The van der Waals surface area contributed by atoms with Gasteiger partial charge in [0.15, 0.2) is 0 Å². The molecule has 20 heavy (non-hydrogen) atoms. The molecule has 2 unspecified atom stereocenters. The smallest absolute Gasteiger partial charge is 0.243 e. The first-order valence-electron chi connectivity index (χ1n) is 6.65. The van der Waals surface area contributed by atoms with Gasteiger partial charge in [-0.15, -0.1) is 0 Å². The van der Waals surface area contributed by atoms with Crippen molar-refractivity contribution in [2.24, 2.45) is 5.92 Å². The first kappa shape index (κ1) is 15.9. The lowest BCUT2D eigenvalue weighted by molar-refractivity contribution is 0.0183. The predicted molar refractivity (Wildman–Crippen MR) is 82.2 cm³/mol. The summed E-state index contributed by atoms with van der Waals surface area (Å²) >= 11 is 3.34. The Morgan fingerprint density at radius 3 is 2.75 bits per heavy atom. The van der Waals surface area contributed by atoms with Crippen LogP contribution in [0.15, 0.2) is 27.6 Å². The van der Waals surface area contributed by atoms with Crippen molar-refractivity contribution in [1.29, 1.82) is 0 Å². The fourth-order valence-corrected chi connectivity index (χ4v) is 4.75. The van der Waals surface area contributed by atoms with Crippen LogP contribution in [0.25, 0.3) is 0 Å². The lowest BCUT2D eigenvalue weighted by Gasteiger charge is -2.35. The molecule has 2 atom stereocenters. The normalized spacial score (nSPS) is 24.8. The molecule has 0 aromatic heterocycles. The molecular weight excluding hydrogens is 342 g/mol. The summed E-state index contributed by atoms with van der Waals surface area (Å²) in [6.07, 6.45) is 0.788. The molecule has 4 nitrogen and oxygen atoms in total. The van der Waals surface area contributed by atoms with Crippen molar-refractivity contribution in [1.82, 2.24) is 4.31 Å². The molecule has 0 N–H and O–H groups in total. The first-order chi connectivity index (χ1) is 9.36. The van der Waals surface area contributed by atoms with E-state index in [1.54, 1.807) is 13.2 Å². The highest BCUT2D eigenvalue weighted by atomic mass is 79.9. The molecule has 0 bridgehead atoms. The van der Waals surface area contributed by atoms with E-state index in [9.17, 15) is 8.42 Å². The molecule has 0 saturated carbocycles. The molecule has 1 aromatic rings. The summed E-state index contributed by atoms with van der Waals surface area (Å²) < 4.78 is 33.3. The van der Waals surface area contributed by atoms with Crippen LogP contribution in [0, 0.1) is 12.8 Å². The second-order valence-corrected chi connectivity index (χ2v) is 8.14. The fraction of sp³-hybridized carbons (Fsp3) is 0.571. The minimum Gasteiger partial charge on any atom is -0.380 e. The fourth-order valence-electron chi connectivity index (χ4n) is 2.52. The van der Waals surface area contributed by atoms with Gasteiger partial charge in [0, 0.05) is 24.7 Å². The van der Waals surface area contributed by atoms with Crippen molar-refractivity contribution in [3.05, 3.63) is 28.2 Å². The Balaban J connectivity index is 2.33. The van der Waals surface area contributed by atoms with Crippen molar-refractivity contribution in [3.8, 4) is 0 Å². The number of hydrogen-bond donors (Lipinski definition) is 0. The van der Waals surface area contributed by atoms with Gasteiger partial charge in [-0.25, -0.2) is 8.42 Å². The molecule has 0 spiro atoms. The van der Waals surface area contributed by atoms with Crippen molar-refractivity contribution >= 4 is 26.0 Å². The Hall–Kier alpha value is -0.430. The average molecular weight is 362 g/mol. The van der Waals surface area contributed by atoms with E-state index < -0.39 is 10.0 Å². The molecule has 0 aliphatic carbocycles. The number of methoxy groups -OCH3 is 1. The quantitative estimate of drug-likeness (QED) is 0.831. The van der Waals surface area contributed by atoms with Crippen molar-refractivity contribution in [2.45, 2.75) is 31.3 Å². The summed E-state index contributed by atoms with van der Waals surface area (Å²) in [4.78, 5) is 0.372. The summed E-state index contributed by atoms with van der Waals surface area (Å²) in [5.41, 5.74) is 0.765. The lowest BCUT2D eigenvalue weighted by atomic mass is 9.97. The van der Waals surface area contributed by atoms with Crippen LogP contribution in [0.4, 0.5) is 0 Å². The van der Waals surface area contributed by atoms with Gasteiger partial charge in [0.1, 0.15) is 0 Å². The van der Waals surface area contributed by atoms with E-state index in [1.165, 1.54) is 4.31 Å². The van der Waals surface area contributed by atoms with E-state index in [-0.39, 0.29) is 6.10 Å². The standard InChI is InChI=1S/C14H20BrNO3S/c1-10-6-7-16(9-13(10)19-3)20(17,18)14-8-12(15)5-4-11(14)2/h4-5,8,10,13H,6-7,9H2,1-3H3. The Bertz CT molecular complexity index is 588. The summed E-state index contributed by atoms with van der Waals surface area (Å²) in [5.74, 6) is 0.384. The van der Waals surface area contributed by atoms with Gasteiger partial charge >= 0.3 is 0 Å². The summed E-state index contributed by atoms with van der Waals surface area (Å²) in [5, 5.41) is 0. The van der Waals surface area contributed by atoms with Crippen LogP contribution < -0.4 is 0 Å². The van der Waals surface area contributed by atoms with Crippen LogP contribution in [0.3, 0.4) is 0 Å². The molecule has 1 saturated heterocycles. The molecule has 2 rings (SSSR count). The van der Waals surface area contributed by atoms with Gasteiger partial charge in [-0.05, 0) is 37.0 Å². The predicted octanol–water partition coefficient (Wildman–Crippen LogP) is 2.80. The monoisotopic (exact) mass is 361 g/mol. The Morgan fingerprint density at radius 2 is 2.10 bits per heavy atom. The molecule has 0 radical (unpaired) electrons. The van der Waals surface area contributed by atoms with Crippen LogP contribution in [-0.2, 0) is 14.8 Å². The van der Waals surface area contributed by atoms with Crippen LogP contribution in [0.5, 0.6) is 0 Å². The zero-order chi connectivity index (χ0) is 14.9. The number of hydrogen-bond acceptors (Lipinski definition) is 3. The zero-order valence-corrected chi connectivity index (χ0v) is 14.4. The van der Waals surface area contributed by atoms with E-state index in [0.717, 1.165) is 16.5 Å². The SMILES string of the molecule is COC1CN(S(=O)(=O)c2cc(Br)ccc2C)CCC1C. The maximum atomic E-state index is 12.8. The topological polar surface area (TPSA) is 46.6 Å². The van der Waals surface area contributed by atoms with Gasteiger partial charge < -0.3 is 4.74 Å². The van der Waals surface area contributed by atoms with Gasteiger partial charge in [0.2, 0.25) is 10.0 Å². The second-order valence-electron chi connectivity index (χ2n) is 5.31. The highest BCUT2D eigenvalue weighted by molar-refractivity contribution is 9.10. The van der Waals surface area contributed by atoms with Gasteiger partial charge in [0.25, 0.3) is 0 Å². The molecule has 112 valence electrons. The third-order valence-electron chi connectivity index (χ3n) is 3.92. The van der Waals surface area contributed by atoms with Crippen molar-refractivity contribution in [3.63, 3.8) is 0 Å². The molecule has 1 aliphatic rings. The maximum absolute atomic E-state index is 12.8. The molecular formula is C14H20BrNO3S. The number of nitrogens with zero attached hydrogens (tertiary/aromatic N) is 1. The van der Waals surface area contributed by atoms with Crippen LogP contribution in [0.1, 0.15) is 18.9 Å². The van der Waals surface area contributed by atoms with Gasteiger partial charge in [0.05, 0.1) is 11.0 Å². The Morgan fingerprint density at radius 1 is 1.40 bits per heavy atom. The number of piperidine rings is 1. The molecule has 0 amide bonds. The number of aryl methyl sites for hydroxylation is 1. The van der Waals surface area contributed by atoms with Crippen molar-refractivity contribution < 1.29 is 13.2 Å². The lowest BCUT2D eigenvalue weighted by Crippen LogP contribution is -2.46. The summed E-state index contributed by atoms with van der Waals surface area (Å²) in [7, 11) is -1.82. The van der Waals surface area contributed by atoms with E-state index in [0.29, 0.717) is 23.9 Å². The molecule has 1 fully saturated rings. The Kier molecular flexibility index (Phi) is 4.89. The second kappa shape index (κ2) is 6.13. The molecule has 6 heteroatoms. The van der Waals surface area contributed by atoms with Crippen molar-refractivity contribution in [2.75, 3.05) is 20.2 Å².